The predicted octanol–water partition coefficient (Wildman–Crippen LogP) is 2.79. The highest BCUT2D eigenvalue weighted by atomic mass is 19.2. The van der Waals surface area contributed by atoms with Gasteiger partial charge in [-0.3, -0.25) is 0 Å². The second-order valence-corrected chi connectivity index (χ2v) is 5.12. The van der Waals surface area contributed by atoms with Crippen LogP contribution in [0.25, 0.3) is 0 Å². The summed E-state index contributed by atoms with van der Waals surface area (Å²) in [7, 11) is 1.97. The Bertz CT molecular complexity index is 409. The molecule has 1 aliphatic rings. The van der Waals surface area contributed by atoms with Crippen LogP contribution in [0.5, 0.6) is 0 Å². The first-order valence-electron chi connectivity index (χ1n) is 6.47. The van der Waals surface area contributed by atoms with Crippen molar-refractivity contribution in [2.24, 2.45) is 5.92 Å². The van der Waals surface area contributed by atoms with Crippen LogP contribution in [-0.2, 0) is 0 Å². The van der Waals surface area contributed by atoms with E-state index in [1.54, 1.807) is 6.07 Å². The molecule has 0 bridgehead atoms. The molecule has 1 saturated heterocycles. The van der Waals surface area contributed by atoms with Gasteiger partial charge in [0.1, 0.15) is 0 Å². The van der Waals surface area contributed by atoms with Gasteiger partial charge < -0.3 is 10.2 Å². The van der Waals surface area contributed by atoms with Crippen LogP contribution in [0.4, 0.5) is 14.5 Å². The fraction of sp³-hybridized carbons (Fsp3) is 0.571. The average molecular weight is 254 g/mol. The third-order valence-corrected chi connectivity index (χ3v) is 3.73. The van der Waals surface area contributed by atoms with Crippen molar-refractivity contribution in [1.29, 1.82) is 0 Å². The summed E-state index contributed by atoms with van der Waals surface area (Å²) in [5.74, 6) is -0.918. The Morgan fingerprint density at radius 1 is 1.39 bits per heavy atom. The third-order valence-electron chi connectivity index (χ3n) is 3.73. The first-order chi connectivity index (χ1) is 8.60. The van der Waals surface area contributed by atoms with E-state index in [0.29, 0.717) is 12.0 Å². The Kier molecular flexibility index (Phi) is 4.17. The molecule has 4 heteroatoms. The minimum atomic E-state index is -0.779. The Morgan fingerprint density at radius 3 is 2.83 bits per heavy atom. The van der Waals surface area contributed by atoms with E-state index in [1.807, 2.05) is 7.05 Å². The molecule has 0 saturated carbocycles. The van der Waals surface area contributed by atoms with Crippen LogP contribution in [0.3, 0.4) is 0 Å². The summed E-state index contributed by atoms with van der Waals surface area (Å²) < 4.78 is 26.1. The lowest BCUT2D eigenvalue weighted by molar-refractivity contribution is 0.444. The van der Waals surface area contributed by atoms with Crippen LogP contribution >= 0.6 is 0 Å². The molecule has 1 aliphatic heterocycles. The monoisotopic (exact) mass is 254 g/mol. The molecule has 0 aliphatic carbocycles. The molecule has 1 aromatic rings. The largest absolute Gasteiger partial charge is 0.371 e. The Morgan fingerprint density at radius 2 is 2.17 bits per heavy atom. The van der Waals surface area contributed by atoms with E-state index in [0.717, 1.165) is 31.6 Å². The van der Waals surface area contributed by atoms with E-state index in [2.05, 4.69) is 17.1 Å². The highest BCUT2D eigenvalue weighted by molar-refractivity contribution is 5.47. The van der Waals surface area contributed by atoms with Gasteiger partial charge in [-0.15, -0.1) is 0 Å². The quantitative estimate of drug-likeness (QED) is 0.889. The molecule has 0 radical (unpaired) electrons. The maximum absolute atomic E-state index is 13.2. The Labute approximate surface area is 107 Å². The minimum Gasteiger partial charge on any atom is -0.371 e. The maximum atomic E-state index is 13.2. The zero-order chi connectivity index (χ0) is 13.1. The number of nitrogens with zero attached hydrogens (tertiary/aromatic N) is 1. The molecule has 1 N–H and O–H groups in total. The van der Waals surface area contributed by atoms with E-state index >= 15 is 0 Å². The topological polar surface area (TPSA) is 15.3 Å². The Hall–Kier alpha value is -1.16. The van der Waals surface area contributed by atoms with Crippen molar-refractivity contribution in [2.75, 3.05) is 25.0 Å². The van der Waals surface area contributed by atoms with Gasteiger partial charge in [0.25, 0.3) is 0 Å². The lowest BCUT2D eigenvalue weighted by atomic mass is 10.0. The summed E-state index contributed by atoms with van der Waals surface area (Å²) in [6.07, 6.45) is 2.24. The predicted molar refractivity (Wildman–Crippen MR) is 69.8 cm³/mol. The molecule has 18 heavy (non-hydrogen) atoms. The van der Waals surface area contributed by atoms with Crippen LogP contribution in [-0.4, -0.2) is 26.2 Å². The third kappa shape index (κ3) is 2.99. The van der Waals surface area contributed by atoms with Crippen molar-refractivity contribution in [2.45, 2.75) is 25.8 Å². The second-order valence-electron chi connectivity index (χ2n) is 5.12. The highest BCUT2D eigenvalue weighted by Crippen LogP contribution is 2.27. The minimum absolute atomic E-state index is 0.500. The lowest BCUT2D eigenvalue weighted by Gasteiger charge is -2.20. The Balaban J connectivity index is 1.97. The molecule has 100 valence electrons. The van der Waals surface area contributed by atoms with E-state index in [-0.39, 0.29) is 0 Å². The molecule has 1 fully saturated rings. The van der Waals surface area contributed by atoms with Crippen LogP contribution < -0.4 is 10.2 Å². The number of rotatable bonds is 4. The molecule has 2 rings (SSSR count). The molecule has 2 unspecified atom stereocenters. The normalized spacial score (nSPS) is 21.3. The van der Waals surface area contributed by atoms with E-state index in [4.69, 9.17) is 0 Å². The summed E-state index contributed by atoms with van der Waals surface area (Å²) in [4.78, 5) is 2.13. The smallest absolute Gasteiger partial charge is 0.160 e. The lowest BCUT2D eigenvalue weighted by Crippen LogP contribution is -2.26. The summed E-state index contributed by atoms with van der Waals surface area (Å²) in [5, 5.41) is 3.23. The van der Waals surface area contributed by atoms with Crippen molar-refractivity contribution in [3.05, 3.63) is 29.8 Å². The van der Waals surface area contributed by atoms with Gasteiger partial charge in [0, 0.05) is 30.9 Å². The number of benzene rings is 1. The second kappa shape index (κ2) is 5.65. The van der Waals surface area contributed by atoms with Crippen molar-refractivity contribution in [3.63, 3.8) is 0 Å². The zero-order valence-corrected chi connectivity index (χ0v) is 10.9. The zero-order valence-electron chi connectivity index (χ0n) is 10.9. The number of nitrogens with one attached hydrogen (secondary N) is 1. The maximum Gasteiger partial charge on any atom is 0.160 e. The molecule has 0 spiro atoms. The van der Waals surface area contributed by atoms with Crippen molar-refractivity contribution < 1.29 is 8.78 Å². The molecule has 1 heterocycles. The van der Waals surface area contributed by atoms with Gasteiger partial charge in [0.15, 0.2) is 11.6 Å². The molecule has 1 aromatic carbocycles. The summed E-state index contributed by atoms with van der Waals surface area (Å²) in [6, 6.07) is 4.65. The molecule has 2 atom stereocenters. The summed E-state index contributed by atoms with van der Waals surface area (Å²) >= 11 is 0. The standard InChI is InChI=1S/C14H20F2N2/c1-10(17-2)7-11-5-6-18(9-11)12-3-4-13(15)14(16)8-12/h3-4,8,10-11,17H,5-7,9H2,1-2H3. The molecular formula is C14H20F2N2. The fourth-order valence-corrected chi connectivity index (χ4v) is 2.56. The molecule has 2 nitrogen and oxygen atoms in total. The van der Waals surface area contributed by atoms with Crippen LogP contribution in [0.1, 0.15) is 19.8 Å². The first kappa shape index (κ1) is 13.3. The first-order valence-corrected chi connectivity index (χ1v) is 6.47. The van der Waals surface area contributed by atoms with Crippen molar-refractivity contribution >= 4 is 5.69 Å². The van der Waals surface area contributed by atoms with Gasteiger partial charge in [-0.1, -0.05) is 0 Å². The van der Waals surface area contributed by atoms with Crippen molar-refractivity contribution in [3.8, 4) is 0 Å². The van der Waals surface area contributed by atoms with Crippen LogP contribution in [0, 0.1) is 17.6 Å². The van der Waals surface area contributed by atoms with Gasteiger partial charge >= 0.3 is 0 Å². The van der Waals surface area contributed by atoms with Crippen molar-refractivity contribution in [1.82, 2.24) is 5.32 Å². The highest BCUT2D eigenvalue weighted by Gasteiger charge is 2.24. The van der Waals surface area contributed by atoms with Crippen LogP contribution in [0.2, 0.25) is 0 Å². The molecule has 0 amide bonds. The molecule has 0 aromatic heterocycles. The van der Waals surface area contributed by atoms with Gasteiger partial charge in [-0.2, -0.15) is 0 Å². The number of hydrogen-bond acceptors (Lipinski definition) is 2. The van der Waals surface area contributed by atoms with Crippen LogP contribution in [0.15, 0.2) is 18.2 Å². The molecular weight excluding hydrogens is 234 g/mol. The summed E-state index contributed by atoms with van der Waals surface area (Å²) in [5.41, 5.74) is 0.786. The van der Waals surface area contributed by atoms with E-state index < -0.39 is 11.6 Å². The van der Waals surface area contributed by atoms with Gasteiger partial charge in [-0.25, -0.2) is 8.78 Å². The fourth-order valence-electron chi connectivity index (χ4n) is 2.56. The number of halogens is 2. The van der Waals surface area contributed by atoms with E-state index in [9.17, 15) is 8.78 Å². The van der Waals surface area contributed by atoms with Gasteiger partial charge in [0.05, 0.1) is 0 Å². The van der Waals surface area contributed by atoms with E-state index in [1.165, 1.54) is 12.1 Å². The number of hydrogen-bond donors (Lipinski definition) is 1. The van der Waals surface area contributed by atoms with Gasteiger partial charge in [0.2, 0.25) is 0 Å². The average Bonchev–Trinajstić information content (AvgIpc) is 2.81. The SMILES string of the molecule is CNC(C)CC1CCN(c2ccc(F)c(F)c2)C1. The number of anilines is 1. The van der Waals surface area contributed by atoms with Gasteiger partial charge in [-0.05, 0) is 44.9 Å². The summed E-state index contributed by atoms with van der Waals surface area (Å²) in [6.45, 7) is 4.02.